The lowest BCUT2D eigenvalue weighted by atomic mass is 10.0. The number of amidine groups is 1. The maximum Gasteiger partial charge on any atom is 0.326 e. The van der Waals surface area contributed by atoms with Crippen molar-refractivity contribution in [2.45, 2.75) is 49.1 Å². The van der Waals surface area contributed by atoms with Crippen molar-refractivity contribution >= 4 is 98.2 Å². The van der Waals surface area contributed by atoms with Gasteiger partial charge in [-0.15, -0.1) is 0 Å². The molecule has 0 fully saturated rings. The summed E-state index contributed by atoms with van der Waals surface area (Å²) < 4.78 is 3.26. The fraction of sp³-hybridized carbons (Fsp3) is 0.312. The summed E-state index contributed by atoms with van der Waals surface area (Å²) in [5, 5.41) is 18.2. The number of carbonyl (C=O) groups excluding carboxylic acids is 3. The molecule has 2 atom stereocenters. The highest BCUT2D eigenvalue weighted by molar-refractivity contribution is 8.13. The van der Waals surface area contributed by atoms with Crippen molar-refractivity contribution in [1.29, 1.82) is 0 Å². The summed E-state index contributed by atoms with van der Waals surface area (Å²) in [6.07, 6.45) is 2.94. The van der Waals surface area contributed by atoms with E-state index >= 15 is 0 Å². The predicted octanol–water partition coefficient (Wildman–Crippen LogP) is 5.97. The number of aliphatic carboxylic acids is 1. The molecule has 3 aromatic rings. The molecule has 1 heterocycles. The zero-order valence-electron chi connectivity index (χ0n) is 25.5. The number of rotatable bonds is 14. The molecule has 11 nitrogen and oxygen atoms in total. The molecular weight excluding hydrogens is 689 g/mol. The van der Waals surface area contributed by atoms with Crippen molar-refractivity contribution in [2.24, 2.45) is 10.9 Å². The number of nitrogens with zero attached hydrogens (tertiary/aromatic N) is 2. The first-order valence-corrected chi connectivity index (χ1v) is 16.5. The zero-order chi connectivity index (χ0) is 34.4. The maximum atomic E-state index is 12.8. The van der Waals surface area contributed by atoms with E-state index in [1.807, 2.05) is 56.3 Å². The predicted molar refractivity (Wildman–Crippen MR) is 186 cm³/mol. The minimum Gasteiger partial charge on any atom is -0.480 e. The number of amides is 2. The van der Waals surface area contributed by atoms with Gasteiger partial charge in [0.05, 0.1) is 17.6 Å². The zero-order valence-corrected chi connectivity index (χ0v) is 28.6. The van der Waals surface area contributed by atoms with Crippen LogP contribution < -0.4 is 16.0 Å². The third kappa shape index (κ3) is 13.4. The molecule has 0 spiro atoms. The van der Waals surface area contributed by atoms with Crippen molar-refractivity contribution in [1.82, 2.24) is 20.9 Å². The summed E-state index contributed by atoms with van der Waals surface area (Å²) in [6.45, 7) is 3.68. The second-order valence-corrected chi connectivity index (χ2v) is 13.8. The quantitative estimate of drug-likeness (QED) is 0.0393. The molecule has 1 unspecified atom stereocenters. The van der Waals surface area contributed by atoms with Crippen molar-refractivity contribution < 1.29 is 29.0 Å². The number of hydrogen-bond donors (Lipinski definition) is 4. The average molecular weight is 723 g/mol. The largest absolute Gasteiger partial charge is 0.480 e. The molecule has 3 rings (SSSR count). The number of nitrogens with one attached hydrogen (secondary N) is 3. The van der Waals surface area contributed by atoms with E-state index in [0.29, 0.717) is 11.2 Å². The van der Waals surface area contributed by atoms with E-state index in [-0.39, 0.29) is 36.3 Å². The second kappa shape index (κ2) is 18.5. The van der Waals surface area contributed by atoms with Gasteiger partial charge in [-0.05, 0) is 47.9 Å². The third-order valence-corrected chi connectivity index (χ3v) is 7.63. The molecule has 0 aliphatic rings. The van der Waals surface area contributed by atoms with Crippen LogP contribution in [-0.2, 0) is 23.9 Å². The Bertz CT molecular complexity index is 1600. The lowest BCUT2D eigenvalue weighted by Gasteiger charge is -2.27. The minimum atomic E-state index is -2.04. The lowest BCUT2D eigenvalue weighted by molar-refractivity contribution is -0.143. The van der Waals surface area contributed by atoms with Crippen LogP contribution in [0.25, 0.3) is 17.0 Å². The molecule has 47 heavy (non-hydrogen) atoms. The van der Waals surface area contributed by atoms with Crippen molar-refractivity contribution in [3.8, 4) is 0 Å². The number of carboxylic acids is 1. The molecule has 0 aliphatic carbocycles. The number of esters is 1. The SMILES string of the molecule is CC(C)C[C@H](NC(=O)CCC(=O)OCS/C(=N/c1cccc2cccnc12)NC(NC(=O)/C=C/c1ccccc1)C(Cl)(Cl)Cl)C(=O)O. The highest BCUT2D eigenvalue weighted by atomic mass is 35.6. The Morgan fingerprint density at radius 3 is 2.38 bits per heavy atom. The monoisotopic (exact) mass is 721 g/mol. The fourth-order valence-electron chi connectivity index (χ4n) is 4.04. The van der Waals surface area contributed by atoms with Crippen molar-refractivity contribution in [3.05, 3.63) is 78.5 Å². The smallest absolute Gasteiger partial charge is 0.326 e. The van der Waals surface area contributed by atoms with Crippen LogP contribution in [0.2, 0.25) is 0 Å². The first-order valence-electron chi connectivity index (χ1n) is 14.4. The van der Waals surface area contributed by atoms with Crippen LogP contribution >= 0.6 is 46.6 Å². The minimum absolute atomic E-state index is 0.0488. The Morgan fingerprint density at radius 2 is 1.70 bits per heavy atom. The van der Waals surface area contributed by atoms with Crippen LogP contribution in [0.4, 0.5) is 5.69 Å². The number of carbonyl (C=O) groups is 4. The molecule has 1 aromatic heterocycles. The van der Waals surface area contributed by atoms with Gasteiger partial charge in [-0.1, -0.05) is 97.2 Å². The molecule has 2 aromatic carbocycles. The van der Waals surface area contributed by atoms with Crippen LogP contribution in [0.15, 0.2) is 77.9 Å². The normalized spacial score (nSPS) is 13.3. The van der Waals surface area contributed by atoms with Gasteiger partial charge in [0, 0.05) is 24.1 Å². The number of aliphatic imine (C=N–C) groups is 1. The van der Waals surface area contributed by atoms with E-state index in [1.54, 1.807) is 30.5 Å². The first kappa shape index (κ1) is 37.6. The third-order valence-electron chi connectivity index (χ3n) is 6.25. The molecule has 15 heteroatoms. The first-order chi connectivity index (χ1) is 22.3. The van der Waals surface area contributed by atoms with Crippen LogP contribution in [0.1, 0.15) is 38.7 Å². The van der Waals surface area contributed by atoms with Crippen LogP contribution in [0, 0.1) is 5.92 Å². The molecule has 250 valence electrons. The lowest BCUT2D eigenvalue weighted by Crippen LogP contribution is -2.54. The number of aromatic nitrogens is 1. The Kier molecular flexibility index (Phi) is 14.8. The molecule has 2 amide bonds. The summed E-state index contributed by atoms with van der Waals surface area (Å²) in [6, 6.07) is 17.1. The second-order valence-electron chi connectivity index (χ2n) is 10.5. The number of halogens is 3. The number of hydrogen-bond acceptors (Lipinski definition) is 8. The number of pyridine rings is 1. The number of fused-ring (bicyclic) bond motifs is 1. The number of benzene rings is 2. The van der Waals surface area contributed by atoms with Gasteiger partial charge in [-0.25, -0.2) is 9.79 Å². The van der Waals surface area contributed by atoms with Gasteiger partial charge in [0.2, 0.25) is 15.6 Å². The van der Waals surface area contributed by atoms with E-state index in [4.69, 9.17) is 39.5 Å². The van der Waals surface area contributed by atoms with Gasteiger partial charge in [0.15, 0.2) is 5.17 Å². The van der Waals surface area contributed by atoms with Crippen molar-refractivity contribution in [3.63, 3.8) is 0 Å². The number of ether oxygens (including phenoxy) is 1. The van der Waals surface area contributed by atoms with E-state index in [9.17, 15) is 24.3 Å². The standard InChI is InChI=1S/C32H34Cl3N5O6S/c1-20(2)18-24(29(44)45)37-25(41)15-16-27(43)46-19-47-31(38-23-12-6-10-22-11-7-17-36-28(22)23)40-30(32(33,34)35)39-26(42)14-13-21-8-4-3-5-9-21/h3-14,17,20,24,30H,15-16,18-19H2,1-2H3,(H,37,41)(H,38,40)(H,39,42)(H,44,45)/b14-13+/t24-,30?/m0/s1. The fourth-order valence-corrected chi connectivity index (χ4v) is 5.04. The summed E-state index contributed by atoms with van der Waals surface area (Å²) in [7, 11) is 0. The van der Waals surface area contributed by atoms with E-state index in [2.05, 4.69) is 25.9 Å². The highest BCUT2D eigenvalue weighted by Crippen LogP contribution is 2.30. The van der Waals surface area contributed by atoms with Gasteiger partial charge in [-0.2, -0.15) is 0 Å². The molecule has 0 aliphatic heterocycles. The van der Waals surface area contributed by atoms with Gasteiger partial charge in [0.25, 0.3) is 0 Å². The van der Waals surface area contributed by atoms with Gasteiger partial charge in [0.1, 0.15) is 18.1 Å². The molecule has 4 N–H and O–H groups in total. The van der Waals surface area contributed by atoms with Crippen LogP contribution in [0.3, 0.4) is 0 Å². The van der Waals surface area contributed by atoms with Gasteiger partial charge >= 0.3 is 11.9 Å². The van der Waals surface area contributed by atoms with Crippen LogP contribution in [0.5, 0.6) is 0 Å². The Labute approximate surface area is 291 Å². The Balaban J connectivity index is 1.72. The molecule has 0 bridgehead atoms. The summed E-state index contributed by atoms with van der Waals surface area (Å²) in [5.74, 6) is -3.21. The number of carboxylic acid groups (broad SMARTS) is 1. The summed E-state index contributed by atoms with van der Waals surface area (Å²) >= 11 is 19.6. The average Bonchev–Trinajstić information content (AvgIpc) is 3.02. The van der Waals surface area contributed by atoms with E-state index in [0.717, 1.165) is 22.7 Å². The molecule has 0 saturated heterocycles. The van der Waals surface area contributed by atoms with E-state index in [1.165, 1.54) is 6.08 Å². The number of alkyl halides is 3. The van der Waals surface area contributed by atoms with E-state index < -0.39 is 39.8 Å². The summed E-state index contributed by atoms with van der Waals surface area (Å²) in [5.41, 5.74) is 1.82. The Hall–Kier alpha value is -3.84. The molecule has 0 saturated carbocycles. The topological polar surface area (TPSA) is 159 Å². The number of para-hydroxylation sites is 1. The van der Waals surface area contributed by atoms with Crippen molar-refractivity contribution in [2.75, 3.05) is 5.94 Å². The summed E-state index contributed by atoms with van der Waals surface area (Å²) in [4.78, 5) is 57.9. The van der Waals surface area contributed by atoms with Crippen LogP contribution in [-0.4, -0.2) is 61.0 Å². The van der Waals surface area contributed by atoms with Gasteiger partial charge < -0.3 is 25.8 Å². The van der Waals surface area contributed by atoms with Gasteiger partial charge in [-0.3, -0.25) is 19.4 Å². The Morgan fingerprint density at radius 1 is 0.979 bits per heavy atom. The molecule has 0 radical (unpaired) electrons. The molecular formula is C32H34Cl3N5O6S. The highest BCUT2D eigenvalue weighted by Gasteiger charge is 2.35. The number of thioether (sulfide) groups is 1. The maximum absolute atomic E-state index is 12.8.